The maximum Gasteiger partial charge on any atom is 0.192 e. The Morgan fingerprint density at radius 2 is 0.583 bits per heavy atom. The summed E-state index contributed by atoms with van der Waals surface area (Å²) in [7, 11) is -3.12. The Balaban J connectivity index is 3.17. The summed E-state index contributed by atoms with van der Waals surface area (Å²) in [6, 6.07) is 0. The van der Waals surface area contributed by atoms with Crippen LogP contribution in [0.4, 0.5) is 0 Å². The molecule has 9 nitrogen and oxygen atoms in total. The van der Waals surface area contributed by atoms with Crippen molar-refractivity contribution in [1.82, 2.24) is 0 Å². The third-order valence-corrected chi connectivity index (χ3v) is 11.1. The van der Waals surface area contributed by atoms with E-state index in [2.05, 4.69) is 53.5 Å². The average molecular weight is 557 g/mol. The van der Waals surface area contributed by atoms with E-state index >= 15 is 0 Å². The van der Waals surface area contributed by atoms with Crippen LogP contribution in [0.25, 0.3) is 0 Å². The van der Waals surface area contributed by atoms with Gasteiger partial charge in [-0.1, -0.05) is 20.8 Å². The summed E-state index contributed by atoms with van der Waals surface area (Å²) >= 11 is 0. The average Bonchev–Trinajstić information content (AvgIpc) is 2.77. The van der Waals surface area contributed by atoms with Crippen molar-refractivity contribution >= 4 is 16.6 Å². The molecule has 218 valence electrons. The van der Waals surface area contributed by atoms with Crippen LogP contribution in [0.3, 0.4) is 0 Å². The fourth-order valence-corrected chi connectivity index (χ4v) is 4.12. The van der Waals surface area contributed by atoms with Gasteiger partial charge < -0.3 is 42.0 Å². The van der Waals surface area contributed by atoms with Crippen molar-refractivity contribution in [3.05, 3.63) is 0 Å². The highest BCUT2D eigenvalue weighted by Gasteiger charge is 2.36. The molecular formula is C25H56O9Si2. The van der Waals surface area contributed by atoms with E-state index in [1.54, 1.807) is 0 Å². The summed E-state index contributed by atoms with van der Waals surface area (Å²) in [6.07, 6.45) is 0. The summed E-state index contributed by atoms with van der Waals surface area (Å²) in [4.78, 5) is 0. The zero-order valence-electron chi connectivity index (χ0n) is 24.5. The van der Waals surface area contributed by atoms with Crippen molar-refractivity contribution in [1.29, 1.82) is 0 Å². The van der Waals surface area contributed by atoms with E-state index in [9.17, 15) is 0 Å². The lowest BCUT2D eigenvalue weighted by Gasteiger charge is -2.36. The molecule has 0 amide bonds. The molecule has 0 fully saturated rings. The predicted molar refractivity (Wildman–Crippen MR) is 148 cm³/mol. The van der Waals surface area contributed by atoms with Gasteiger partial charge in [-0.05, 0) is 37.8 Å². The molecule has 0 rings (SSSR count). The molecule has 0 aliphatic heterocycles. The van der Waals surface area contributed by atoms with Gasteiger partial charge in [0.2, 0.25) is 0 Å². The highest BCUT2D eigenvalue weighted by molar-refractivity contribution is 6.74. The van der Waals surface area contributed by atoms with Gasteiger partial charge in [0.1, 0.15) is 0 Å². The fraction of sp³-hybridized carbons (Fsp3) is 1.00. The molecule has 0 saturated carbocycles. The molecule has 36 heavy (non-hydrogen) atoms. The van der Waals surface area contributed by atoms with Crippen LogP contribution in [-0.4, -0.2) is 122 Å². The SMILES string of the molecule is CC(C)(C)[Si](C)(C)OCCOCCOCCOCCOCCOCCOCCOCCO[Si](C)(C)C. The van der Waals surface area contributed by atoms with Crippen LogP contribution in [0.2, 0.25) is 37.8 Å². The van der Waals surface area contributed by atoms with Crippen molar-refractivity contribution in [3.63, 3.8) is 0 Å². The van der Waals surface area contributed by atoms with Crippen LogP contribution >= 0.6 is 0 Å². The Hall–Kier alpha value is 0.0738. The second-order valence-corrected chi connectivity index (χ2v) is 20.2. The Morgan fingerprint density at radius 1 is 0.361 bits per heavy atom. The van der Waals surface area contributed by atoms with Crippen LogP contribution in [-0.2, 0) is 42.0 Å². The third-order valence-electron chi connectivity index (χ3n) is 5.49. The number of hydrogen-bond acceptors (Lipinski definition) is 9. The van der Waals surface area contributed by atoms with Crippen molar-refractivity contribution in [2.24, 2.45) is 0 Å². The van der Waals surface area contributed by atoms with Gasteiger partial charge >= 0.3 is 0 Å². The van der Waals surface area contributed by atoms with Gasteiger partial charge in [0.25, 0.3) is 0 Å². The minimum Gasteiger partial charge on any atom is -0.415 e. The molecule has 0 aromatic heterocycles. The van der Waals surface area contributed by atoms with Gasteiger partial charge in [0.15, 0.2) is 16.6 Å². The lowest BCUT2D eigenvalue weighted by Crippen LogP contribution is -2.41. The Bertz CT molecular complexity index is 483. The number of hydrogen-bond donors (Lipinski definition) is 0. The second kappa shape index (κ2) is 21.9. The molecule has 0 atom stereocenters. The molecule has 0 aromatic carbocycles. The maximum absolute atomic E-state index is 6.07. The Morgan fingerprint density at radius 3 is 0.806 bits per heavy atom. The van der Waals surface area contributed by atoms with Crippen LogP contribution in [0.1, 0.15) is 20.8 Å². The van der Waals surface area contributed by atoms with Gasteiger partial charge in [-0.2, -0.15) is 0 Å². The van der Waals surface area contributed by atoms with E-state index in [-0.39, 0.29) is 5.04 Å². The minimum absolute atomic E-state index is 0.226. The standard InChI is InChI=1S/C25H56O9Si2/c1-25(2,3)36(7,8)34-24-22-32-20-18-30-16-14-28-12-10-26-9-11-27-13-15-29-17-19-31-21-23-33-35(4,5)6/h9-24H2,1-8H3. The number of ether oxygens (including phenoxy) is 7. The molecular weight excluding hydrogens is 500 g/mol. The summed E-state index contributed by atoms with van der Waals surface area (Å²) in [5.74, 6) is 0. The van der Waals surface area contributed by atoms with Gasteiger partial charge in [0, 0.05) is 0 Å². The van der Waals surface area contributed by atoms with Gasteiger partial charge in [-0.3, -0.25) is 0 Å². The van der Waals surface area contributed by atoms with Crippen LogP contribution in [0.15, 0.2) is 0 Å². The van der Waals surface area contributed by atoms with Crippen LogP contribution < -0.4 is 0 Å². The molecule has 0 aliphatic carbocycles. The zero-order valence-corrected chi connectivity index (χ0v) is 26.5. The summed E-state index contributed by atoms with van der Waals surface area (Å²) in [5.41, 5.74) is 0. The smallest absolute Gasteiger partial charge is 0.192 e. The lowest BCUT2D eigenvalue weighted by atomic mass is 10.2. The molecule has 0 saturated heterocycles. The topological polar surface area (TPSA) is 83.1 Å². The second-order valence-electron chi connectivity index (χ2n) is 10.9. The summed E-state index contributed by atoms with van der Waals surface area (Å²) in [6.45, 7) is 26.8. The van der Waals surface area contributed by atoms with Crippen molar-refractivity contribution in [3.8, 4) is 0 Å². The van der Waals surface area contributed by atoms with Crippen molar-refractivity contribution < 1.29 is 42.0 Å². The van der Waals surface area contributed by atoms with E-state index in [0.717, 1.165) is 0 Å². The van der Waals surface area contributed by atoms with Gasteiger partial charge in [-0.25, -0.2) is 0 Å². The summed E-state index contributed by atoms with van der Waals surface area (Å²) in [5, 5.41) is 0.226. The fourth-order valence-electron chi connectivity index (χ4n) is 2.40. The molecule has 0 unspecified atom stereocenters. The third kappa shape index (κ3) is 24.4. The molecule has 0 heterocycles. The van der Waals surface area contributed by atoms with E-state index in [1.165, 1.54) is 0 Å². The highest BCUT2D eigenvalue weighted by Crippen LogP contribution is 2.36. The van der Waals surface area contributed by atoms with Crippen LogP contribution in [0, 0.1) is 0 Å². The first-order valence-corrected chi connectivity index (χ1v) is 19.6. The quantitative estimate of drug-likeness (QED) is 0.116. The van der Waals surface area contributed by atoms with Crippen molar-refractivity contribution in [2.75, 3.05) is 106 Å². The minimum atomic E-state index is -1.68. The van der Waals surface area contributed by atoms with E-state index in [4.69, 9.17) is 42.0 Å². The van der Waals surface area contributed by atoms with Gasteiger partial charge in [0.05, 0.1) is 106 Å². The van der Waals surface area contributed by atoms with Gasteiger partial charge in [-0.15, -0.1) is 0 Å². The van der Waals surface area contributed by atoms with Crippen LogP contribution in [0.5, 0.6) is 0 Å². The molecule has 0 aliphatic rings. The van der Waals surface area contributed by atoms with E-state index in [1.807, 2.05) is 0 Å². The largest absolute Gasteiger partial charge is 0.415 e. The van der Waals surface area contributed by atoms with E-state index in [0.29, 0.717) is 106 Å². The maximum atomic E-state index is 6.07. The van der Waals surface area contributed by atoms with E-state index < -0.39 is 16.6 Å². The molecule has 0 radical (unpaired) electrons. The number of rotatable bonds is 26. The monoisotopic (exact) mass is 556 g/mol. The molecule has 0 bridgehead atoms. The first-order valence-electron chi connectivity index (χ1n) is 13.3. The highest BCUT2D eigenvalue weighted by atomic mass is 28.4. The normalized spacial score (nSPS) is 13.0. The molecule has 0 N–H and O–H groups in total. The Kier molecular flexibility index (Phi) is 22.0. The first kappa shape index (κ1) is 36.1. The Labute approximate surface area is 223 Å². The summed E-state index contributed by atoms with van der Waals surface area (Å²) < 4.78 is 50.2. The predicted octanol–water partition coefficient (Wildman–Crippen LogP) is 3.98. The first-order chi connectivity index (χ1) is 17.0. The lowest BCUT2D eigenvalue weighted by molar-refractivity contribution is -0.0220. The molecule has 0 spiro atoms. The molecule has 11 heteroatoms. The van der Waals surface area contributed by atoms with Crippen molar-refractivity contribution in [2.45, 2.75) is 58.5 Å². The zero-order chi connectivity index (χ0) is 27.2. The molecule has 0 aromatic rings.